The second-order valence-electron chi connectivity index (χ2n) is 5.95. The van der Waals surface area contributed by atoms with Crippen molar-refractivity contribution in [1.82, 2.24) is 5.32 Å². The maximum absolute atomic E-state index is 12.0. The van der Waals surface area contributed by atoms with Crippen molar-refractivity contribution in [3.05, 3.63) is 70.2 Å². The van der Waals surface area contributed by atoms with Gasteiger partial charge in [0, 0.05) is 23.0 Å². The topological polar surface area (TPSA) is 45.7 Å². The Bertz CT molecular complexity index is 613. The molecule has 0 unspecified atom stereocenters. The van der Waals surface area contributed by atoms with Crippen LogP contribution in [0, 0.1) is 0 Å². The number of hydrogen-bond acceptors (Lipinski definition) is 1. The predicted octanol–water partition coefficient (Wildman–Crippen LogP) is 3.21. The highest BCUT2D eigenvalue weighted by Gasteiger charge is 2.14. The van der Waals surface area contributed by atoms with Gasteiger partial charge in [-0.15, -0.1) is 0 Å². The summed E-state index contributed by atoms with van der Waals surface area (Å²) in [5.74, 6) is 0.110. The van der Waals surface area contributed by atoms with Crippen molar-refractivity contribution in [3.8, 4) is 0 Å². The van der Waals surface area contributed by atoms with E-state index < -0.39 is 0 Å². The third-order valence-corrected chi connectivity index (χ3v) is 4.66. The Morgan fingerprint density at radius 1 is 1.12 bits per heavy atom. The monoisotopic (exact) mass is 389 g/mol. The predicted molar refractivity (Wildman–Crippen MR) is 102 cm³/mol. The van der Waals surface area contributed by atoms with Crippen LogP contribution in [0.1, 0.15) is 36.9 Å². The minimum atomic E-state index is 0.110. The van der Waals surface area contributed by atoms with Crippen molar-refractivity contribution >= 4 is 21.8 Å². The van der Waals surface area contributed by atoms with Gasteiger partial charge in [0.2, 0.25) is 0 Å². The highest BCUT2D eigenvalue weighted by atomic mass is 79.9. The summed E-state index contributed by atoms with van der Waals surface area (Å²) in [4.78, 5) is 12.0. The third kappa shape index (κ3) is 6.46. The van der Waals surface area contributed by atoms with Crippen molar-refractivity contribution in [2.75, 3.05) is 13.1 Å². The molecule has 24 heavy (non-hydrogen) atoms. The number of rotatable bonds is 9. The molecule has 0 bridgehead atoms. The average Bonchev–Trinajstić information content (AvgIpc) is 2.61. The number of carbonyl (C=O) groups excluding carboxylic acids is 1. The average molecular weight is 390 g/mol. The molecule has 2 aromatic rings. The summed E-state index contributed by atoms with van der Waals surface area (Å²) in [6.07, 6.45) is 2.98. The van der Waals surface area contributed by atoms with E-state index in [1.165, 1.54) is 11.1 Å². The van der Waals surface area contributed by atoms with Crippen LogP contribution in [0.15, 0.2) is 59.1 Å². The standard InChI is InChI=1S/C20H25BrN2O/c1-2-19(17-10-12-18(21)13-11-17)23-15-20(24)22-14-6-9-16-7-4-3-5-8-16/h3-5,7-8,10-13,19,23H,2,6,9,14-15H2,1H3,(H,22,24)/p+1/t19-/m1/s1. The van der Waals surface area contributed by atoms with E-state index in [-0.39, 0.29) is 5.91 Å². The second-order valence-corrected chi connectivity index (χ2v) is 6.86. The van der Waals surface area contributed by atoms with Crippen molar-refractivity contribution in [1.29, 1.82) is 0 Å². The lowest BCUT2D eigenvalue weighted by Crippen LogP contribution is -2.87. The third-order valence-electron chi connectivity index (χ3n) is 4.13. The maximum Gasteiger partial charge on any atom is 0.275 e. The summed E-state index contributed by atoms with van der Waals surface area (Å²) in [7, 11) is 0. The van der Waals surface area contributed by atoms with E-state index in [9.17, 15) is 4.79 Å². The lowest BCUT2D eigenvalue weighted by molar-refractivity contribution is -0.686. The fourth-order valence-electron chi connectivity index (χ4n) is 2.73. The van der Waals surface area contributed by atoms with Crippen LogP contribution in [-0.2, 0) is 11.2 Å². The molecule has 0 aliphatic heterocycles. The number of aryl methyl sites for hydroxylation is 1. The van der Waals surface area contributed by atoms with Gasteiger partial charge < -0.3 is 10.6 Å². The Morgan fingerprint density at radius 2 is 1.83 bits per heavy atom. The zero-order valence-electron chi connectivity index (χ0n) is 14.2. The number of benzene rings is 2. The molecule has 0 saturated heterocycles. The second kappa shape index (κ2) is 10.3. The van der Waals surface area contributed by atoms with Crippen molar-refractivity contribution < 1.29 is 10.1 Å². The molecule has 0 fully saturated rings. The molecule has 0 spiro atoms. The van der Waals surface area contributed by atoms with Gasteiger partial charge in [-0.2, -0.15) is 0 Å². The summed E-state index contributed by atoms with van der Waals surface area (Å²) >= 11 is 3.46. The molecule has 128 valence electrons. The molecular formula is C20H26BrN2O+. The highest BCUT2D eigenvalue weighted by molar-refractivity contribution is 9.10. The van der Waals surface area contributed by atoms with Gasteiger partial charge in [-0.05, 0) is 30.5 Å². The van der Waals surface area contributed by atoms with E-state index in [4.69, 9.17) is 0 Å². The molecule has 0 aliphatic carbocycles. The van der Waals surface area contributed by atoms with E-state index in [0.29, 0.717) is 12.6 Å². The summed E-state index contributed by atoms with van der Waals surface area (Å²) in [5, 5.41) is 5.14. The Labute approximate surface area is 153 Å². The molecule has 0 heterocycles. The van der Waals surface area contributed by atoms with Crippen LogP contribution in [0.5, 0.6) is 0 Å². The quantitative estimate of drug-likeness (QED) is 0.635. The van der Waals surface area contributed by atoms with Gasteiger partial charge in [0.1, 0.15) is 6.04 Å². The maximum atomic E-state index is 12.0. The van der Waals surface area contributed by atoms with E-state index in [1.807, 2.05) is 6.07 Å². The summed E-state index contributed by atoms with van der Waals surface area (Å²) in [6, 6.07) is 19.0. The van der Waals surface area contributed by atoms with Crippen LogP contribution in [-0.4, -0.2) is 19.0 Å². The normalized spacial score (nSPS) is 11.9. The molecule has 2 rings (SSSR count). The van der Waals surface area contributed by atoms with Gasteiger partial charge in [0.05, 0.1) is 0 Å². The number of hydrogen-bond donors (Lipinski definition) is 2. The number of nitrogens with one attached hydrogen (secondary N) is 1. The van der Waals surface area contributed by atoms with Crippen molar-refractivity contribution in [2.24, 2.45) is 0 Å². The lowest BCUT2D eigenvalue weighted by atomic mass is 10.0. The first-order valence-corrected chi connectivity index (χ1v) is 9.37. The highest BCUT2D eigenvalue weighted by Crippen LogP contribution is 2.16. The zero-order chi connectivity index (χ0) is 17.2. The molecule has 0 saturated carbocycles. The van der Waals surface area contributed by atoms with Gasteiger partial charge in [0.25, 0.3) is 5.91 Å². The van der Waals surface area contributed by atoms with E-state index >= 15 is 0 Å². The number of carbonyl (C=O) groups is 1. The Hall–Kier alpha value is -1.65. The van der Waals surface area contributed by atoms with Crippen molar-refractivity contribution in [3.63, 3.8) is 0 Å². The van der Waals surface area contributed by atoms with Crippen molar-refractivity contribution in [2.45, 2.75) is 32.2 Å². The summed E-state index contributed by atoms with van der Waals surface area (Å²) in [6.45, 7) is 3.36. The fraction of sp³-hybridized carbons (Fsp3) is 0.350. The van der Waals surface area contributed by atoms with Gasteiger partial charge in [-0.3, -0.25) is 4.79 Å². The Morgan fingerprint density at radius 3 is 2.50 bits per heavy atom. The molecule has 2 aromatic carbocycles. The lowest BCUT2D eigenvalue weighted by Gasteiger charge is -2.14. The largest absolute Gasteiger partial charge is 0.351 e. The van der Waals surface area contributed by atoms with E-state index in [0.717, 1.165) is 30.3 Å². The number of quaternary nitrogens is 1. The smallest absolute Gasteiger partial charge is 0.275 e. The molecule has 1 atom stereocenters. The van der Waals surface area contributed by atoms with Crippen LogP contribution >= 0.6 is 15.9 Å². The zero-order valence-corrected chi connectivity index (χ0v) is 15.8. The molecule has 3 N–H and O–H groups in total. The van der Waals surface area contributed by atoms with Gasteiger partial charge in [-0.25, -0.2) is 0 Å². The van der Waals surface area contributed by atoms with E-state index in [2.05, 4.69) is 82.0 Å². The van der Waals surface area contributed by atoms with Gasteiger partial charge >= 0.3 is 0 Å². The summed E-state index contributed by atoms with van der Waals surface area (Å²) in [5.41, 5.74) is 2.58. The molecule has 3 nitrogen and oxygen atoms in total. The van der Waals surface area contributed by atoms with Crippen LogP contribution in [0.4, 0.5) is 0 Å². The van der Waals surface area contributed by atoms with Crippen LogP contribution in [0.2, 0.25) is 0 Å². The fourth-order valence-corrected chi connectivity index (χ4v) is 3.00. The molecular weight excluding hydrogens is 364 g/mol. The minimum absolute atomic E-state index is 0.110. The first-order chi connectivity index (χ1) is 11.7. The first kappa shape index (κ1) is 18.7. The number of amides is 1. The van der Waals surface area contributed by atoms with E-state index in [1.54, 1.807) is 0 Å². The van der Waals surface area contributed by atoms with Crippen LogP contribution < -0.4 is 10.6 Å². The Kier molecular flexibility index (Phi) is 7.99. The number of nitrogens with two attached hydrogens (primary N) is 1. The molecule has 0 aromatic heterocycles. The van der Waals surface area contributed by atoms with Crippen LogP contribution in [0.25, 0.3) is 0 Å². The minimum Gasteiger partial charge on any atom is -0.351 e. The SMILES string of the molecule is CC[C@@H]([NH2+]CC(=O)NCCCc1ccccc1)c1ccc(Br)cc1. The van der Waals surface area contributed by atoms with Gasteiger partial charge in [-0.1, -0.05) is 65.3 Å². The molecule has 0 radical (unpaired) electrons. The first-order valence-electron chi connectivity index (χ1n) is 8.58. The number of halogens is 1. The molecule has 0 aliphatic rings. The van der Waals surface area contributed by atoms with Crippen LogP contribution in [0.3, 0.4) is 0 Å². The molecule has 4 heteroatoms. The molecule has 1 amide bonds. The Balaban J connectivity index is 1.67. The summed E-state index contributed by atoms with van der Waals surface area (Å²) < 4.78 is 1.08. The van der Waals surface area contributed by atoms with Gasteiger partial charge in [0.15, 0.2) is 6.54 Å².